The van der Waals surface area contributed by atoms with Crippen molar-refractivity contribution in [3.63, 3.8) is 0 Å². The molecule has 0 aromatic carbocycles. The van der Waals surface area contributed by atoms with Crippen molar-refractivity contribution in [3.05, 3.63) is 23.7 Å². The van der Waals surface area contributed by atoms with Gasteiger partial charge in [-0.2, -0.15) is 0 Å². The number of aryl methyl sites for hydroxylation is 1. The molecule has 0 aliphatic heterocycles. The molecule has 0 aliphatic rings. The molecule has 5 nitrogen and oxygen atoms in total. The zero-order valence-electron chi connectivity index (χ0n) is 14.4. The number of aliphatic hydroxyl groups excluding tert-OH is 1. The summed E-state index contributed by atoms with van der Waals surface area (Å²) >= 11 is 0. The Morgan fingerprint density at radius 3 is 2.64 bits per heavy atom. The summed E-state index contributed by atoms with van der Waals surface area (Å²) in [5.41, 5.74) is 0. The number of nitrogens with zero attached hydrogens (tertiary/aromatic N) is 1. The third kappa shape index (κ3) is 6.52. The summed E-state index contributed by atoms with van der Waals surface area (Å²) in [5, 5.41) is 15.8. The van der Waals surface area contributed by atoms with Crippen LogP contribution in [0.4, 0.5) is 0 Å². The van der Waals surface area contributed by atoms with Crippen molar-refractivity contribution in [2.24, 2.45) is 10.9 Å². The van der Waals surface area contributed by atoms with Crippen LogP contribution in [-0.4, -0.2) is 30.8 Å². The molecule has 0 radical (unpaired) electrons. The predicted octanol–water partition coefficient (Wildman–Crippen LogP) is 3.00. The molecule has 2 unspecified atom stereocenters. The number of aliphatic imine (C=N–C) groups is 1. The van der Waals surface area contributed by atoms with Gasteiger partial charge in [0.2, 0.25) is 0 Å². The molecule has 0 spiro atoms. The minimum Gasteiger partial charge on any atom is -0.464 e. The van der Waals surface area contributed by atoms with Crippen molar-refractivity contribution in [1.82, 2.24) is 10.6 Å². The van der Waals surface area contributed by atoms with Gasteiger partial charge >= 0.3 is 0 Å². The summed E-state index contributed by atoms with van der Waals surface area (Å²) in [5.74, 6) is 3.05. The predicted molar refractivity (Wildman–Crippen MR) is 91.1 cm³/mol. The normalized spacial score (nSPS) is 14.7. The molecule has 126 valence electrons. The van der Waals surface area contributed by atoms with Crippen molar-refractivity contribution >= 4 is 5.96 Å². The molecular formula is C17H31N3O2. The summed E-state index contributed by atoms with van der Waals surface area (Å²) in [7, 11) is 0. The van der Waals surface area contributed by atoms with Crippen molar-refractivity contribution in [1.29, 1.82) is 0 Å². The third-order valence-corrected chi connectivity index (χ3v) is 3.63. The van der Waals surface area contributed by atoms with Gasteiger partial charge in [-0.05, 0) is 51.7 Å². The first-order valence-corrected chi connectivity index (χ1v) is 8.32. The lowest BCUT2D eigenvalue weighted by atomic mass is 10.0. The monoisotopic (exact) mass is 309 g/mol. The average molecular weight is 309 g/mol. The minimum absolute atomic E-state index is 0.0639. The van der Waals surface area contributed by atoms with Crippen LogP contribution in [-0.2, 0) is 0 Å². The zero-order chi connectivity index (χ0) is 16.4. The molecule has 3 N–H and O–H groups in total. The highest BCUT2D eigenvalue weighted by Gasteiger charge is 2.12. The van der Waals surface area contributed by atoms with Crippen LogP contribution in [0.1, 0.15) is 57.6 Å². The minimum atomic E-state index is 0.0639. The van der Waals surface area contributed by atoms with E-state index in [4.69, 9.17) is 9.52 Å². The van der Waals surface area contributed by atoms with Crippen LogP contribution in [0.25, 0.3) is 0 Å². The molecule has 0 amide bonds. The molecule has 0 saturated carbocycles. The Kier molecular flexibility index (Phi) is 8.67. The second kappa shape index (κ2) is 10.3. The van der Waals surface area contributed by atoms with Gasteiger partial charge in [0.15, 0.2) is 5.96 Å². The van der Waals surface area contributed by atoms with Gasteiger partial charge in [-0.25, -0.2) is 0 Å². The van der Waals surface area contributed by atoms with Gasteiger partial charge in [0.05, 0.1) is 6.04 Å². The van der Waals surface area contributed by atoms with Crippen molar-refractivity contribution in [2.45, 2.75) is 53.0 Å². The lowest BCUT2D eigenvalue weighted by Crippen LogP contribution is -2.39. The molecule has 1 aromatic rings. The van der Waals surface area contributed by atoms with E-state index in [1.807, 2.05) is 19.1 Å². The van der Waals surface area contributed by atoms with Crippen LogP contribution in [0.5, 0.6) is 0 Å². The molecule has 0 bridgehead atoms. The van der Waals surface area contributed by atoms with Gasteiger partial charge < -0.3 is 20.2 Å². The smallest absolute Gasteiger partial charge is 0.191 e. The molecule has 0 aliphatic carbocycles. The Balaban J connectivity index is 2.64. The van der Waals surface area contributed by atoms with Crippen LogP contribution < -0.4 is 10.6 Å². The Bertz CT molecular complexity index is 437. The lowest BCUT2D eigenvalue weighted by molar-refractivity contribution is 0.253. The van der Waals surface area contributed by atoms with Crippen LogP contribution in [0.2, 0.25) is 0 Å². The highest BCUT2D eigenvalue weighted by atomic mass is 16.3. The largest absolute Gasteiger partial charge is 0.464 e. The fourth-order valence-corrected chi connectivity index (χ4v) is 2.42. The van der Waals surface area contributed by atoms with Crippen molar-refractivity contribution in [2.75, 3.05) is 19.7 Å². The van der Waals surface area contributed by atoms with Gasteiger partial charge in [0.25, 0.3) is 0 Å². The van der Waals surface area contributed by atoms with Crippen LogP contribution in [0, 0.1) is 12.8 Å². The molecular weight excluding hydrogens is 278 g/mol. The second-order valence-corrected chi connectivity index (χ2v) is 5.70. The first-order valence-electron chi connectivity index (χ1n) is 8.32. The molecule has 1 aromatic heterocycles. The number of guanidine groups is 1. The van der Waals surface area contributed by atoms with E-state index in [0.29, 0.717) is 5.92 Å². The highest BCUT2D eigenvalue weighted by Crippen LogP contribution is 2.15. The topological polar surface area (TPSA) is 69.8 Å². The molecule has 22 heavy (non-hydrogen) atoms. The fraction of sp³-hybridized carbons (Fsp3) is 0.706. The van der Waals surface area contributed by atoms with Gasteiger partial charge in [0.1, 0.15) is 11.5 Å². The Morgan fingerprint density at radius 1 is 1.32 bits per heavy atom. The Morgan fingerprint density at radius 2 is 2.09 bits per heavy atom. The second-order valence-electron chi connectivity index (χ2n) is 5.70. The molecule has 1 heterocycles. The maximum Gasteiger partial charge on any atom is 0.191 e. The Hall–Kier alpha value is -1.49. The van der Waals surface area contributed by atoms with Crippen LogP contribution >= 0.6 is 0 Å². The zero-order valence-corrected chi connectivity index (χ0v) is 14.4. The lowest BCUT2D eigenvalue weighted by Gasteiger charge is -2.18. The molecule has 0 fully saturated rings. The highest BCUT2D eigenvalue weighted by molar-refractivity contribution is 5.80. The number of rotatable bonds is 9. The standard InChI is InChI=1S/C17H31N3O2/c1-5-7-15(10-11-21)12-19-17(18-6-2)20-14(4)16-9-8-13(3)22-16/h8-9,14-15,21H,5-7,10-12H2,1-4H3,(H2,18,19,20). The molecule has 5 heteroatoms. The number of hydrogen-bond donors (Lipinski definition) is 3. The van der Waals surface area contributed by atoms with Crippen LogP contribution in [0.3, 0.4) is 0 Å². The molecule has 1 rings (SSSR count). The van der Waals surface area contributed by atoms with E-state index in [-0.39, 0.29) is 12.6 Å². The average Bonchev–Trinajstić information content (AvgIpc) is 2.92. The summed E-state index contributed by atoms with van der Waals surface area (Å²) in [6.45, 7) is 9.99. The maximum absolute atomic E-state index is 9.14. The molecule has 0 saturated heterocycles. The fourth-order valence-electron chi connectivity index (χ4n) is 2.42. The van der Waals surface area contributed by atoms with Crippen molar-refractivity contribution in [3.8, 4) is 0 Å². The number of aliphatic hydroxyl groups is 1. The van der Waals surface area contributed by atoms with Crippen molar-refractivity contribution < 1.29 is 9.52 Å². The van der Waals surface area contributed by atoms with E-state index in [1.165, 1.54) is 0 Å². The Labute approximate surface area is 134 Å². The third-order valence-electron chi connectivity index (χ3n) is 3.63. The summed E-state index contributed by atoms with van der Waals surface area (Å²) in [4.78, 5) is 4.66. The van der Waals surface area contributed by atoms with E-state index in [1.54, 1.807) is 0 Å². The van der Waals surface area contributed by atoms with Gasteiger partial charge in [-0.15, -0.1) is 0 Å². The van der Waals surface area contributed by atoms with E-state index in [0.717, 1.165) is 49.8 Å². The van der Waals surface area contributed by atoms with Gasteiger partial charge in [0, 0.05) is 19.7 Å². The van der Waals surface area contributed by atoms with E-state index in [9.17, 15) is 0 Å². The van der Waals surface area contributed by atoms with Crippen LogP contribution in [0.15, 0.2) is 21.5 Å². The first kappa shape index (κ1) is 18.6. The quantitative estimate of drug-likeness (QED) is 0.484. The maximum atomic E-state index is 9.14. The SMILES string of the molecule is CCCC(CCO)CN=C(NCC)NC(C)c1ccc(C)o1. The first-order chi connectivity index (χ1) is 10.6. The van der Waals surface area contributed by atoms with Gasteiger partial charge in [-0.3, -0.25) is 4.99 Å². The number of furan rings is 1. The number of hydrogen-bond acceptors (Lipinski definition) is 3. The van der Waals surface area contributed by atoms with E-state index in [2.05, 4.69) is 36.4 Å². The van der Waals surface area contributed by atoms with Gasteiger partial charge in [-0.1, -0.05) is 13.3 Å². The van der Waals surface area contributed by atoms with E-state index < -0.39 is 0 Å². The number of nitrogens with one attached hydrogen (secondary N) is 2. The summed E-state index contributed by atoms with van der Waals surface area (Å²) in [6.07, 6.45) is 3.02. The molecule has 2 atom stereocenters. The summed E-state index contributed by atoms with van der Waals surface area (Å²) in [6, 6.07) is 4.02. The summed E-state index contributed by atoms with van der Waals surface area (Å²) < 4.78 is 5.65. The van der Waals surface area contributed by atoms with E-state index >= 15 is 0 Å².